The third-order valence-electron chi connectivity index (χ3n) is 2.90. The van der Waals surface area contributed by atoms with Gasteiger partial charge in [0.05, 0.1) is 10.5 Å². The number of nitrogens with two attached hydrogens (primary N) is 1. The monoisotopic (exact) mass is 272 g/mol. The molecule has 0 saturated heterocycles. The zero-order valence-corrected chi connectivity index (χ0v) is 11.7. The molecule has 0 aliphatic rings. The maximum Gasteiger partial charge on any atom is 0.238 e. The second kappa shape index (κ2) is 5.36. The number of hydrogen-bond donors (Lipinski definition) is 3. The lowest BCUT2D eigenvalue weighted by Gasteiger charge is -2.26. The van der Waals surface area contributed by atoms with Crippen LogP contribution in [0.15, 0.2) is 29.2 Å². The van der Waals surface area contributed by atoms with Crippen LogP contribution in [0.1, 0.15) is 26.3 Å². The number of rotatable bonds is 5. The number of nitrogens with one attached hydrogen (secondary N) is 1. The van der Waals surface area contributed by atoms with E-state index in [2.05, 4.69) is 5.32 Å². The lowest BCUT2D eigenvalue weighted by molar-refractivity contribution is 0.0437. The van der Waals surface area contributed by atoms with E-state index in [1.807, 2.05) is 6.92 Å². The molecule has 0 spiro atoms. The molecule has 0 fully saturated rings. The van der Waals surface area contributed by atoms with Crippen LogP contribution in [-0.4, -0.2) is 25.2 Å². The van der Waals surface area contributed by atoms with E-state index >= 15 is 0 Å². The predicted octanol–water partition coefficient (Wildman–Crippen LogP) is 0.583. The molecule has 5 nitrogen and oxygen atoms in total. The van der Waals surface area contributed by atoms with Gasteiger partial charge in [0.2, 0.25) is 10.0 Å². The minimum absolute atomic E-state index is 0.0951. The molecule has 1 atom stereocenters. The van der Waals surface area contributed by atoms with Gasteiger partial charge in [0, 0.05) is 12.6 Å². The topological polar surface area (TPSA) is 92.4 Å². The first-order valence-corrected chi connectivity index (χ1v) is 7.23. The summed E-state index contributed by atoms with van der Waals surface area (Å²) in [5, 5.41) is 18.0. The van der Waals surface area contributed by atoms with E-state index in [1.54, 1.807) is 26.0 Å². The highest BCUT2D eigenvalue weighted by molar-refractivity contribution is 7.89. The molecule has 0 aliphatic carbocycles. The van der Waals surface area contributed by atoms with Gasteiger partial charge in [-0.1, -0.05) is 12.1 Å². The van der Waals surface area contributed by atoms with Crippen molar-refractivity contribution in [2.45, 2.75) is 43.9 Å². The van der Waals surface area contributed by atoms with Crippen molar-refractivity contribution >= 4 is 10.0 Å². The second-order valence-electron chi connectivity index (χ2n) is 4.95. The van der Waals surface area contributed by atoms with Crippen LogP contribution < -0.4 is 10.5 Å². The van der Waals surface area contributed by atoms with Crippen LogP contribution in [0.3, 0.4) is 0 Å². The average Bonchev–Trinajstić information content (AvgIpc) is 2.23. The van der Waals surface area contributed by atoms with E-state index in [0.29, 0.717) is 6.54 Å². The van der Waals surface area contributed by atoms with Gasteiger partial charge in [0.1, 0.15) is 0 Å². The smallest absolute Gasteiger partial charge is 0.238 e. The number of primary sulfonamides is 1. The fourth-order valence-electron chi connectivity index (χ4n) is 1.35. The largest absolute Gasteiger partial charge is 0.389 e. The van der Waals surface area contributed by atoms with Gasteiger partial charge in [-0.15, -0.1) is 0 Å². The Morgan fingerprint density at radius 3 is 2.56 bits per heavy atom. The van der Waals surface area contributed by atoms with E-state index in [-0.39, 0.29) is 10.9 Å². The number of hydrogen-bond acceptors (Lipinski definition) is 4. The Kier molecular flexibility index (Phi) is 4.50. The summed E-state index contributed by atoms with van der Waals surface area (Å²) < 4.78 is 22.4. The predicted molar refractivity (Wildman–Crippen MR) is 70.4 cm³/mol. The highest BCUT2D eigenvalue weighted by Crippen LogP contribution is 2.12. The molecular weight excluding hydrogens is 252 g/mol. The van der Waals surface area contributed by atoms with Gasteiger partial charge in [-0.2, -0.15) is 0 Å². The second-order valence-corrected chi connectivity index (χ2v) is 6.51. The normalized spacial score (nSPS) is 14.5. The van der Waals surface area contributed by atoms with Crippen molar-refractivity contribution < 1.29 is 13.5 Å². The summed E-state index contributed by atoms with van der Waals surface area (Å²) in [5.41, 5.74) is -0.0324. The summed E-state index contributed by atoms with van der Waals surface area (Å²) in [4.78, 5) is 0.0951. The Labute approximate surface area is 108 Å². The van der Waals surface area contributed by atoms with E-state index in [9.17, 15) is 13.5 Å². The zero-order chi connectivity index (χ0) is 14.0. The van der Waals surface area contributed by atoms with Gasteiger partial charge in [0.25, 0.3) is 0 Å². The maximum absolute atomic E-state index is 11.2. The first-order valence-electron chi connectivity index (χ1n) is 5.68. The van der Waals surface area contributed by atoms with Crippen molar-refractivity contribution in [2.24, 2.45) is 5.14 Å². The molecule has 0 radical (unpaired) electrons. The van der Waals surface area contributed by atoms with Crippen LogP contribution >= 0.6 is 0 Å². The molecule has 0 bridgehead atoms. The SMILES string of the molecule is CC(NCc1cccc(S(N)(=O)=O)c1)C(C)(C)O. The Morgan fingerprint density at radius 1 is 1.44 bits per heavy atom. The summed E-state index contributed by atoms with van der Waals surface area (Å²) in [5.74, 6) is 0. The molecule has 0 heterocycles. The molecule has 4 N–H and O–H groups in total. The molecule has 0 amide bonds. The van der Waals surface area contributed by atoms with E-state index in [0.717, 1.165) is 5.56 Å². The lowest BCUT2D eigenvalue weighted by atomic mass is 10.0. The molecule has 0 aromatic heterocycles. The van der Waals surface area contributed by atoms with Crippen molar-refractivity contribution in [3.05, 3.63) is 29.8 Å². The van der Waals surface area contributed by atoms with Crippen LogP contribution in [0, 0.1) is 0 Å². The molecule has 0 saturated carbocycles. The molecular formula is C12H20N2O3S. The molecule has 0 aliphatic heterocycles. The van der Waals surface area contributed by atoms with Gasteiger partial charge in [-0.05, 0) is 38.5 Å². The van der Waals surface area contributed by atoms with Crippen LogP contribution in [0.4, 0.5) is 0 Å². The Hall–Kier alpha value is -0.950. The fourth-order valence-corrected chi connectivity index (χ4v) is 1.94. The molecule has 1 aromatic carbocycles. The first-order chi connectivity index (χ1) is 8.10. The molecule has 6 heteroatoms. The van der Waals surface area contributed by atoms with E-state index < -0.39 is 15.6 Å². The number of aliphatic hydroxyl groups is 1. The molecule has 18 heavy (non-hydrogen) atoms. The van der Waals surface area contributed by atoms with Gasteiger partial charge < -0.3 is 10.4 Å². The Balaban J connectivity index is 2.76. The van der Waals surface area contributed by atoms with Crippen molar-refractivity contribution in [3.8, 4) is 0 Å². The molecule has 1 rings (SSSR count). The molecule has 102 valence electrons. The summed E-state index contributed by atoms with van der Waals surface area (Å²) >= 11 is 0. The van der Waals surface area contributed by atoms with Gasteiger partial charge >= 0.3 is 0 Å². The summed E-state index contributed by atoms with van der Waals surface area (Å²) in [6, 6.07) is 6.32. The minimum atomic E-state index is -3.67. The summed E-state index contributed by atoms with van der Waals surface area (Å²) in [6.07, 6.45) is 0. The maximum atomic E-state index is 11.2. The quantitative estimate of drug-likeness (QED) is 0.731. The van der Waals surface area contributed by atoms with Crippen molar-refractivity contribution in [1.82, 2.24) is 5.32 Å². The number of sulfonamides is 1. The highest BCUT2D eigenvalue weighted by Gasteiger charge is 2.21. The summed E-state index contributed by atoms with van der Waals surface area (Å²) in [7, 11) is -3.67. The van der Waals surface area contributed by atoms with Gasteiger partial charge in [0.15, 0.2) is 0 Å². The van der Waals surface area contributed by atoms with Crippen LogP contribution in [-0.2, 0) is 16.6 Å². The van der Waals surface area contributed by atoms with Crippen molar-refractivity contribution in [3.63, 3.8) is 0 Å². The Bertz CT molecular complexity index is 506. The number of benzene rings is 1. The van der Waals surface area contributed by atoms with Gasteiger partial charge in [-0.25, -0.2) is 13.6 Å². The van der Waals surface area contributed by atoms with Crippen molar-refractivity contribution in [1.29, 1.82) is 0 Å². The third-order valence-corrected chi connectivity index (χ3v) is 3.81. The third kappa shape index (κ3) is 4.38. The van der Waals surface area contributed by atoms with E-state index in [4.69, 9.17) is 5.14 Å². The molecule has 1 aromatic rings. The van der Waals surface area contributed by atoms with Crippen LogP contribution in [0.5, 0.6) is 0 Å². The lowest BCUT2D eigenvalue weighted by Crippen LogP contribution is -2.44. The highest BCUT2D eigenvalue weighted by atomic mass is 32.2. The van der Waals surface area contributed by atoms with E-state index in [1.165, 1.54) is 12.1 Å². The first kappa shape index (κ1) is 15.1. The standard InChI is InChI=1S/C12H20N2O3S/c1-9(12(2,3)15)14-8-10-5-4-6-11(7-10)18(13,16)17/h4-7,9,14-15H,8H2,1-3H3,(H2,13,16,17). The van der Waals surface area contributed by atoms with Gasteiger partial charge in [-0.3, -0.25) is 0 Å². The van der Waals surface area contributed by atoms with Crippen LogP contribution in [0.25, 0.3) is 0 Å². The minimum Gasteiger partial charge on any atom is -0.389 e. The fraction of sp³-hybridized carbons (Fsp3) is 0.500. The van der Waals surface area contributed by atoms with Crippen molar-refractivity contribution in [2.75, 3.05) is 0 Å². The zero-order valence-electron chi connectivity index (χ0n) is 10.8. The van der Waals surface area contributed by atoms with Crippen LogP contribution in [0.2, 0.25) is 0 Å². The average molecular weight is 272 g/mol. The molecule has 1 unspecified atom stereocenters. The summed E-state index contributed by atoms with van der Waals surface area (Å²) in [6.45, 7) is 5.76. The Morgan fingerprint density at radius 2 is 2.06 bits per heavy atom.